The second-order valence-corrected chi connectivity index (χ2v) is 5.00. The van der Waals surface area contributed by atoms with E-state index in [2.05, 4.69) is 36.0 Å². The van der Waals surface area contributed by atoms with Gasteiger partial charge in [-0.05, 0) is 34.1 Å². The third kappa shape index (κ3) is 4.36. The minimum Gasteiger partial charge on any atom is -0.405 e. The van der Waals surface area contributed by atoms with E-state index < -0.39 is 6.36 Å². The molecule has 0 radical (unpaired) electrons. The molecule has 0 unspecified atom stereocenters. The molecule has 5 nitrogen and oxygen atoms in total. The molecule has 3 N–H and O–H groups in total. The van der Waals surface area contributed by atoms with Gasteiger partial charge in [0.15, 0.2) is 5.82 Å². The van der Waals surface area contributed by atoms with E-state index in [1.807, 2.05) is 0 Å². The van der Waals surface area contributed by atoms with Gasteiger partial charge in [-0.15, -0.1) is 13.2 Å². The van der Waals surface area contributed by atoms with E-state index in [1.165, 1.54) is 18.3 Å². The third-order valence-electron chi connectivity index (χ3n) is 2.18. The van der Waals surface area contributed by atoms with Gasteiger partial charge >= 0.3 is 6.36 Å². The fourth-order valence-electron chi connectivity index (χ4n) is 1.39. The number of benzene rings is 1. The van der Waals surface area contributed by atoms with Crippen molar-refractivity contribution in [3.8, 4) is 5.75 Å². The van der Waals surface area contributed by atoms with Crippen LogP contribution in [-0.4, -0.2) is 16.3 Å². The number of halogens is 5. The van der Waals surface area contributed by atoms with Crippen molar-refractivity contribution in [1.29, 1.82) is 0 Å². The standard InChI is InChI=1S/C11H7BrClF3N4O/c12-6-3-5(1-2-8(6)21-11(14,15)16)19-9-7(13)4-18-10(17)20-9/h1-4H,(H3,17,18,19,20). The predicted octanol–water partition coefficient (Wildman–Crippen LogP) is 4.12. The molecular formula is C11H7BrClF3N4O. The molecule has 1 heterocycles. The monoisotopic (exact) mass is 382 g/mol. The molecule has 0 aliphatic rings. The van der Waals surface area contributed by atoms with E-state index in [0.29, 0.717) is 5.69 Å². The third-order valence-corrected chi connectivity index (χ3v) is 3.08. The van der Waals surface area contributed by atoms with Crippen LogP contribution in [0.25, 0.3) is 0 Å². The van der Waals surface area contributed by atoms with Crippen molar-refractivity contribution < 1.29 is 17.9 Å². The van der Waals surface area contributed by atoms with Crippen LogP contribution in [0.15, 0.2) is 28.9 Å². The Morgan fingerprint density at radius 1 is 1.33 bits per heavy atom. The van der Waals surface area contributed by atoms with Crippen LogP contribution in [0.2, 0.25) is 5.02 Å². The van der Waals surface area contributed by atoms with Crippen LogP contribution in [0, 0.1) is 0 Å². The summed E-state index contributed by atoms with van der Waals surface area (Å²) in [6, 6.07) is 3.91. The maximum absolute atomic E-state index is 12.2. The van der Waals surface area contributed by atoms with Gasteiger partial charge in [0.25, 0.3) is 0 Å². The highest BCUT2D eigenvalue weighted by Crippen LogP contribution is 2.33. The maximum Gasteiger partial charge on any atom is 0.573 e. The molecule has 10 heteroatoms. The zero-order chi connectivity index (χ0) is 15.6. The summed E-state index contributed by atoms with van der Waals surface area (Å²) in [7, 11) is 0. The zero-order valence-electron chi connectivity index (χ0n) is 10.1. The van der Waals surface area contributed by atoms with Crippen LogP contribution < -0.4 is 15.8 Å². The molecule has 2 rings (SSSR count). The lowest BCUT2D eigenvalue weighted by Crippen LogP contribution is -2.17. The van der Waals surface area contributed by atoms with Gasteiger partial charge in [-0.3, -0.25) is 0 Å². The summed E-state index contributed by atoms with van der Waals surface area (Å²) >= 11 is 8.87. The van der Waals surface area contributed by atoms with Gasteiger partial charge < -0.3 is 15.8 Å². The van der Waals surface area contributed by atoms with Crippen LogP contribution in [0.4, 0.5) is 30.6 Å². The van der Waals surface area contributed by atoms with Crippen molar-refractivity contribution in [2.45, 2.75) is 6.36 Å². The highest BCUT2D eigenvalue weighted by molar-refractivity contribution is 9.10. The number of alkyl halides is 3. The number of hydrogen-bond donors (Lipinski definition) is 2. The largest absolute Gasteiger partial charge is 0.573 e. The number of nitrogens with zero attached hydrogens (tertiary/aromatic N) is 2. The van der Waals surface area contributed by atoms with Crippen molar-refractivity contribution in [2.24, 2.45) is 0 Å². The summed E-state index contributed by atoms with van der Waals surface area (Å²) in [5, 5.41) is 3.03. The molecule has 2 aromatic rings. The second kappa shape index (κ2) is 5.94. The molecule has 0 aliphatic carbocycles. The summed E-state index contributed by atoms with van der Waals surface area (Å²) in [5.74, 6) is -0.111. The molecule has 0 saturated heterocycles. The minimum atomic E-state index is -4.76. The predicted molar refractivity (Wildman–Crippen MR) is 75.6 cm³/mol. The molecule has 112 valence electrons. The van der Waals surface area contributed by atoms with E-state index in [1.54, 1.807) is 0 Å². The van der Waals surface area contributed by atoms with Crippen LogP contribution >= 0.6 is 27.5 Å². The minimum absolute atomic E-state index is 0.0120. The van der Waals surface area contributed by atoms with E-state index >= 15 is 0 Å². The molecule has 1 aromatic carbocycles. The van der Waals surface area contributed by atoms with Crippen LogP contribution in [0.1, 0.15) is 0 Å². The number of ether oxygens (including phenoxy) is 1. The fourth-order valence-corrected chi connectivity index (χ4v) is 1.99. The smallest absolute Gasteiger partial charge is 0.405 e. The Balaban J connectivity index is 2.22. The van der Waals surface area contributed by atoms with Gasteiger partial charge in [-0.25, -0.2) is 4.98 Å². The quantitative estimate of drug-likeness (QED) is 0.834. The van der Waals surface area contributed by atoms with Crippen LogP contribution in [-0.2, 0) is 0 Å². The molecule has 0 fully saturated rings. The summed E-state index contributed by atoms with van der Waals surface area (Å²) in [4.78, 5) is 7.57. The van der Waals surface area contributed by atoms with Crippen molar-refractivity contribution in [3.63, 3.8) is 0 Å². The second-order valence-electron chi connectivity index (χ2n) is 3.74. The lowest BCUT2D eigenvalue weighted by atomic mass is 10.3. The first-order chi connectivity index (χ1) is 9.74. The number of nitrogen functional groups attached to an aromatic ring is 1. The number of rotatable bonds is 3. The Bertz CT molecular complexity index is 668. The van der Waals surface area contributed by atoms with Gasteiger partial charge in [0.2, 0.25) is 5.95 Å². The van der Waals surface area contributed by atoms with Crippen molar-refractivity contribution in [3.05, 3.63) is 33.9 Å². The number of hydrogen-bond acceptors (Lipinski definition) is 5. The Morgan fingerprint density at radius 3 is 2.67 bits per heavy atom. The lowest BCUT2D eigenvalue weighted by molar-refractivity contribution is -0.274. The summed E-state index contributed by atoms with van der Waals surface area (Å²) in [6.45, 7) is 0. The molecule has 0 amide bonds. The molecule has 21 heavy (non-hydrogen) atoms. The molecule has 0 bridgehead atoms. The average molecular weight is 384 g/mol. The van der Waals surface area contributed by atoms with Crippen LogP contribution in [0.5, 0.6) is 5.75 Å². The first-order valence-corrected chi connectivity index (χ1v) is 6.52. The normalized spacial score (nSPS) is 11.3. The van der Waals surface area contributed by atoms with Crippen molar-refractivity contribution in [2.75, 3.05) is 11.1 Å². The number of anilines is 3. The fraction of sp³-hybridized carbons (Fsp3) is 0.0909. The first-order valence-electron chi connectivity index (χ1n) is 5.35. The SMILES string of the molecule is Nc1ncc(Cl)c(Nc2ccc(OC(F)(F)F)c(Br)c2)n1. The average Bonchev–Trinajstić information content (AvgIpc) is 2.36. The summed E-state index contributed by atoms with van der Waals surface area (Å²) in [6.07, 6.45) is -3.45. The van der Waals surface area contributed by atoms with Gasteiger partial charge in [-0.2, -0.15) is 4.98 Å². The molecule has 0 atom stereocenters. The molecule has 0 spiro atoms. The van der Waals surface area contributed by atoms with Crippen LogP contribution in [0.3, 0.4) is 0 Å². The molecule has 0 aliphatic heterocycles. The van der Waals surface area contributed by atoms with E-state index in [9.17, 15) is 13.2 Å². The van der Waals surface area contributed by atoms with E-state index in [0.717, 1.165) is 6.07 Å². The first kappa shape index (κ1) is 15.6. The highest BCUT2D eigenvalue weighted by atomic mass is 79.9. The number of nitrogens with one attached hydrogen (secondary N) is 1. The number of aromatic nitrogens is 2. The van der Waals surface area contributed by atoms with E-state index in [-0.39, 0.29) is 27.0 Å². The molecule has 0 saturated carbocycles. The molecular weight excluding hydrogens is 376 g/mol. The van der Waals surface area contributed by atoms with Gasteiger partial charge in [-0.1, -0.05) is 11.6 Å². The maximum atomic E-state index is 12.2. The zero-order valence-corrected chi connectivity index (χ0v) is 12.4. The topological polar surface area (TPSA) is 73.1 Å². The Hall–Kier alpha value is -1.74. The number of nitrogens with two attached hydrogens (primary N) is 1. The summed E-state index contributed by atoms with van der Waals surface area (Å²) in [5.41, 5.74) is 5.87. The van der Waals surface area contributed by atoms with Gasteiger partial charge in [0, 0.05) is 5.69 Å². The Kier molecular flexibility index (Phi) is 4.43. The Labute approximate surface area is 130 Å². The van der Waals surface area contributed by atoms with Gasteiger partial charge in [0.05, 0.1) is 10.7 Å². The highest BCUT2D eigenvalue weighted by Gasteiger charge is 2.31. The van der Waals surface area contributed by atoms with Crippen molar-refractivity contribution in [1.82, 2.24) is 9.97 Å². The van der Waals surface area contributed by atoms with Crippen molar-refractivity contribution >= 4 is 45.0 Å². The van der Waals surface area contributed by atoms with Gasteiger partial charge in [0.1, 0.15) is 10.8 Å². The molecule has 1 aromatic heterocycles. The summed E-state index contributed by atoms with van der Waals surface area (Å²) < 4.78 is 40.4. The Morgan fingerprint density at radius 2 is 2.05 bits per heavy atom. The lowest BCUT2D eigenvalue weighted by Gasteiger charge is -2.12. The van der Waals surface area contributed by atoms with E-state index in [4.69, 9.17) is 17.3 Å².